The fourth-order valence-corrected chi connectivity index (χ4v) is 7.32. The van der Waals surface area contributed by atoms with E-state index in [1.165, 1.54) is 12.8 Å². The van der Waals surface area contributed by atoms with Gasteiger partial charge in [0.25, 0.3) is 0 Å². The normalized spacial score (nSPS) is 25.7. The van der Waals surface area contributed by atoms with Crippen LogP contribution < -0.4 is 20.7 Å². The molecule has 4 fully saturated rings. The van der Waals surface area contributed by atoms with Gasteiger partial charge >= 0.3 is 6.01 Å². The lowest BCUT2D eigenvalue weighted by Gasteiger charge is -2.34. The minimum Gasteiger partial charge on any atom is -0.463 e. The Labute approximate surface area is 256 Å². The molecule has 2 aromatic carbocycles. The summed E-state index contributed by atoms with van der Waals surface area (Å²) < 4.78 is 28.1. The molecule has 1 aromatic heterocycles. The number of hydrogen-bond donors (Lipinski definition) is 2. The van der Waals surface area contributed by atoms with Crippen LogP contribution in [0.2, 0.25) is 5.02 Å². The number of piperazine rings is 1. The van der Waals surface area contributed by atoms with Crippen LogP contribution in [0.3, 0.4) is 0 Å². The maximum Gasteiger partial charge on any atom is 0.319 e. The van der Waals surface area contributed by atoms with E-state index < -0.39 is 5.82 Å². The molecule has 0 amide bonds. The molecular weight excluding hydrogens is 567 g/mol. The third-order valence-electron chi connectivity index (χ3n) is 9.15. The SMILES string of the molecule is NC(/C=C/c1c(Cl)cc2c(N3CC4CCC(C3)N4)nc(OCCCN3C4CCC3COC4)nc2c1F)=C/c1ccccc1. The smallest absolute Gasteiger partial charge is 0.319 e. The van der Waals surface area contributed by atoms with Crippen molar-refractivity contribution in [2.45, 2.75) is 56.3 Å². The zero-order valence-electron chi connectivity index (χ0n) is 24.2. The van der Waals surface area contributed by atoms with E-state index in [1.54, 1.807) is 18.2 Å². The van der Waals surface area contributed by atoms with Gasteiger partial charge in [0.1, 0.15) is 11.3 Å². The van der Waals surface area contributed by atoms with Crippen molar-refractivity contribution >= 4 is 40.5 Å². The molecule has 43 heavy (non-hydrogen) atoms. The fraction of sp³-hybridized carbons (Fsp3) is 0.455. The van der Waals surface area contributed by atoms with Gasteiger partial charge in [-0.05, 0) is 62.0 Å². The van der Waals surface area contributed by atoms with Crippen LogP contribution in [0.25, 0.3) is 23.1 Å². The number of aromatic nitrogens is 2. The summed E-state index contributed by atoms with van der Waals surface area (Å²) in [6.07, 6.45) is 10.6. The standard InChI is InChI=1S/C33H38ClFN6O2/c34-29-16-28-31(30(35)27(29)12-7-22(36)15-21-5-2-1-3-6-21)38-33(39-32(28)40-17-23-8-9-24(18-40)37-23)43-14-4-13-41-25-10-11-26(41)20-42-19-25/h1-3,5-7,12,15-16,23-26,37H,4,8-11,13-14,17-20,36H2/b12-7+,22-15+. The largest absolute Gasteiger partial charge is 0.463 e. The van der Waals surface area contributed by atoms with E-state index in [4.69, 9.17) is 31.8 Å². The second-order valence-electron chi connectivity index (χ2n) is 12.1. The van der Waals surface area contributed by atoms with Crippen LogP contribution >= 0.6 is 11.6 Å². The van der Waals surface area contributed by atoms with Crippen LogP contribution in [0.5, 0.6) is 6.01 Å². The highest BCUT2D eigenvalue weighted by Gasteiger charge is 2.37. The van der Waals surface area contributed by atoms with Gasteiger partial charge in [0.2, 0.25) is 0 Å². The van der Waals surface area contributed by atoms with E-state index in [2.05, 4.69) is 20.1 Å². The Balaban J connectivity index is 1.16. The molecule has 7 rings (SSSR count). The average Bonchev–Trinajstić information content (AvgIpc) is 3.45. The van der Waals surface area contributed by atoms with Crippen molar-refractivity contribution in [3.63, 3.8) is 0 Å². The minimum atomic E-state index is -0.511. The van der Waals surface area contributed by atoms with Gasteiger partial charge in [0.15, 0.2) is 5.82 Å². The molecule has 8 nitrogen and oxygen atoms in total. The van der Waals surface area contributed by atoms with Crippen LogP contribution in [0.1, 0.15) is 43.2 Å². The van der Waals surface area contributed by atoms with Crippen LogP contribution in [0.15, 0.2) is 48.2 Å². The minimum absolute atomic E-state index is 0.193. The molecule has 4 unspecified atom stereocenters. The summed E-state index contributed by atoms with van der Waals surface area (Å²) in [5.41, 5.74) is 8.11. The molecule has 3 N–H and O–H groups in total. The summed E-state index contributed by atoms with van der Waals surface area (Å²) in [5, 5.41) is 4.53. The molecule has 0 spiro atoms. The lowest BCUT2D eigenvalue weighted by molar-refractivity contribution is -0.0161. The van der Waals surface area contributed by atoms with E-state index in [0.717, 1.165) is 57.7 Å². The lowest BCUT2D eigenvalue weighted by atomic mass is 10.1. The maximum atomic E-state index is 16.2. The molecule has 4 aliphatic heterocycles. The second kappa shape index (κ2) is 12.4. The Morgan fingerprint density at radius 1 is 1.09 bits per heavy atom. The zero-order chi connectivity index (χ0) is 29.3. The number of ether oxygens (including phenoxy) is 2. The Hall–Kier alpha value is -3.24. The summed E-state index contributed by atoms with van der Waals surface area (Å²) >= 11 is 6.69. The zero-order valence-corrected chi connectivity index (χ0v) is 25.0. The predicted octanol–water partition coefficient (Wildman–Crippen LogP) is 5.01. The number of anilines is 1. The van der Waals surface area contributed by atoms with Crippen LogP contribution in [0.4, 0.5) is 10.2 Å². The molecule has 4 aliphatic rings. The molecule has 5 heterocycles. The van der Waals surface area contributed by atoms with Crippen LogP contribution in [0, 0.1) is 5.82 Å². The molecule has 4 saturated heterocycles. The predicted molar refractivity (Wildman–Crippen MR) is 169 cm³/mol. The summed E-state index contributed by atoms with van der Waals surface area (Å²) in [5.74, 6) is 0.159. The Morgan fingerprint density at radius 3 is 2.58 bits per heavy atom. The summed E-state index contributed by atoms with van der Waals surface area (Å²) in [6.45, 7) is 4.61. The van der Waals surface area contributed by atoms with Crippen molar-refractivity contribution in [2.75, 3.05) is 44.4 Å². The first-order valence-corrected chi connectivity index (χ1v) is 15.8. The van der Waals surface area contributed by atoms with Crippen LogP contribution in [-0.4, -0.2) is 78.5 Å². The molecule has 0 saturated carbocycles. The van der Waals surface area contributed by atoms with Crippen molar-refractivity contribution in [1.29, 1.82) is 0 Å². The number of fused-ring (bicyclic) bond motifs is 5. The average molecular weight is 605 g/mol. The van der Waals surface area contributed by atoms with Crippen LogP contribution in [-0.2, 0) is 4.74 Å². The first-order chi connectivity index (χ1) is 21.0. The quantitative estimate of drug-likeness (QED) is 0.260. The van der Waals surface area contributed by atoms with E-state index in [1.807, 2.05) is 36.4 Å². The first kappa shape index (κ1) is 28.5. The topological polar surface area (TPSA) is 88.8 Å². The van der Waals surface area contributed by atoms with Gasteiger partial charge in [0, 0.05) is 60.4 Å². The molecule has 3 aromatic rings. The molecule has 4 bridgehead atoms. The number of benzene rings is 2. The summed E-state index contributed by atoms with van der Waals surface area (Å²) in [4.78, 5) is 14.2. The van der Waals surface area contributed by atoms with Gasteiger partial charge in [-0.3, -0.25) is 4.90 Å². The number of nitrogens with zero attached hydrogens (tertiary/aromatic N) is 4. The van der Waals surface area contributed by atoms with E-state index in [9.17, 15) is 0 Å². The van der Waals surface area contributed by atoms with E-state index in [-0.39, 0.29) is 22.1 Å². The highest BCUT2D eigenvalue weighted by Crippen LogP contribution is 2.36. The van der Waals surface area contributed by atoms with Crippen molar-refractivity contribution in [3.05, 3.63) is 70.1 Å². The van der Waals surface area contributed by atoms with Crippen molar-refractivity contribution < 1.29 is 13.9 Å². The van der Waals surface area contributed by atoms with Gasteiger partial charge in [-0.2, -0.15) is 9.97 Å². The Bertz CT molecular complexity index is 1510. The molecule has 0 radical (unpaired) electrons. The maximum absolute atomic E-state index is 16.2. The highest BCUT2D eigenvalue weighted by atomic mass is 35.5. The molecular formula is C33H38ClFN6O2. The molecule has 226 valence electrons. The van der Waals surface area contributed by atoms with Gasteiger partial charge < -0.3 is 25.4 Å². The van der Waals surface area contributed by atoms with Crippen molar-refractivity contribution in [3.8, 4) is 6.01 Å². The third-order valence-corrected chi connectivity index (χ3v) is 9.47. The highest BCUT2D eigenvalue weighted by molar-refractivity contribution is 6.33. The number of nitrogens with two attached hydrogens (primary N) is 1. The van der Waals surface area contributed by atoms with E-state index in [0.29, 0.717) is 47.7 Å². The summed E-state index contributed by atoms with van der Waals surface area (Å²) in [6, 6.07) is 13.5. The number of allylic oxidation sites excluding steroid dienone is 1. The van der Waals surface area contributed by atoms with E-state index >= 15 is 4.39 Å². The van der Waals surface area contributed by atoms with Gasteiger partial charge in [-0.25, -0.2) is 4.39 Å². The number of hydrogen-bond acceptors (Lipinski definition) is 8. The molecule has 0 aliphatic carbocycles. The molecule has 4 atom stereocenters. The number of morpholine rings is 1. The Morgan fingerprint density at radius 2 is 1.84 bits per heavy atom. The fourth-order valence-electron chi connectivity index (χ4n) is 7.06. The second-order valence-corrected chi connectivity index (χ2v) is 12.5. The van der Waals surface area contributed by atoms with Crippen molar-refractivity contribution in [1.82, 2.24) is 20.2 Å². The van der Waals surface area contributed by atoms with Gasteiger partial charge in [0.05, 0.1) is 24.8 Å². The Kier molecular flexibility index (Phi) is 8.23. The first-order valence-electron chi connectivity index (χ1n) is 15.4. The van der Waals surface area contributed by atoms with Gasteiger partial charge in [-0.15, -0.1) is 0 Å². The summed E-state index contributed by atoms with van der Waals surface area (Å²) in [7, 11) is 0. The monoisotopic (exact) mass is 604 g/mol. The number of halogens is 2. The lowest BCUT2D eigenvalue weighted by Crippen LogP contribution is -2.51. The third kappa shape index (κ3) is 6.09. The number of rotatable bonds is 9. The van der Waals surface area contributed by atoms with Crippen molar-refractivity contribution in [2.24, 2.45) is 5.73 Å². The number of nitrogens with one attached hydrogen (secondary N) is 1. The van der Waals surface area contributed by atoms with Gasteiger partial charge in [-0.1, -0.05) is 41.9 Å². The molecule has 10 heteroatoms.